The van der Waals surface area contributed by atoms with Crippen LogP contribution in [0.4, 0.5) is 5.69 Å². The molecule has 1 aromatic heterocycles. The first-order valence-electron chi connectivity index (χ1n) is 8.70. The molecule has 2 heterocycles. The van der Waals surface area contributed by atoms with E-state index in [1.165, 1.54) is 5.56 Å². The highest BCUT2D eigenvalue weighted by molar-refractivity contribution is 5.70. The molecule has 2 aromatic rings. The number of hydrogen-bond donors (Lipinski definition) is 1. The maximum absolute atomic E-state index is 11.5. The van der Waals surface area contributed by atoms with Gasteiger partial charge < -0.3 is 10.0 Å². The van der Waals surface area contributed by atoms with Crippen molar-refractivity contribution < 1.29 is 9.90 Å². The summed E-state index contributed by atoms with van der Waals surface area (Å²) in [5.41, 5.74) is 3.49. The number of anilines is 1. The van der Waals surface area contributed by atoms with Gasteiger partial charge in [0.05, 0.1) is 12.0 Å². The fraction of sp³-hybridized carbons (Fsp3) is 0.400. The Balaban J connectivity index is 1.94. The highest BCUT2D eigenvalue weighted by Crippen LogP contribution is 2.33. The van der Waals surface area contributed by atoms with Crippen molar-refractivity contribution in [2.75, 3.05) is 32.1 Å². The third-order valence-electron chi connectivity index (χ3n) is 4.91. The molecule has 0 aliphatic carbocycles. The number of carboxylic acid groups (broad SMARTS) is 1. The third kappa shape index (κ3) is 3.99. The molecule has 0 spiro atoms. The van der Waals surface area contributed by atoms with Crippen LogP contribution in [-0.2, 0) is 4.79 Å². The highest BCUT2D eigenvalue weighted by Gasteiger charge is 2.31. The molecule has 132 valence electrons. The van der Waals surface area contributed by atoms with Crippen molar-refractivity contribution in [3.05, 3.63) is 59.9 Å². The average molecular weight is 339 g/mol. The molecule has 1 saturated heterocycles. The minimum atomic E-state index is -0.693. The molecule has 0 amide bonds. The molecule has 5 heteroatoms. The quantitative estimate of drug-likeness (QED) is 0.907. The maximum atomic E-state index is 11.5. The molecular formula is C20H25N3O2. The van der Waals surface area contributed by atoms with E-state index in [0.717, 1.165) is 30.6 Å². The SMILES string of the molecule is CN(C)c1ccc(C(c2ccncc2)N2CCCC(C(=O)O)C2)cc1. The number of likely N-dealkylation sites (tertiary alicyclic amines) is 1. The van der Waals surface area contributed by atoms with Crippen LogP contribution in [0.2, 0.25) is 0 Å². The van der Waals surface area contributed by atoms with E-state index in [9.17, 15) is 9.90 Å². The Labute approximate surface area is 148 Å². The number of benzene rings is 1. The van der Waals surface area contributed by atoms with Gasteiger partial charge in [0.15, 0.2) is 0 Å². The van der Waals surface area contributed by atoms with E-state index >= 15 is 0 Å². The number of hydrogen-bond acceptors (Lipinski definition) is 4. The predicted octanol–water partition coefficient (Wildman–Crippen LogP) is 3.03. The van der Waals surface area contributed by atoms with Crippen LogP contribution in [0.25, 0.3) is 0 Å². The van der Waals surface area contributed by atoms with E-state index in [-0.39, 0.29) is 12.0 Å². The lowest BCUT2D eigenvalue weighted by atomic mass is 9.91. The second-order valence-electron chi connectivity index (χ2n) is 6.84. The van der Waals surface area contributed by atoms with Gasteiger partial charge in [-0.1, -0.05) is 12.1 Å². The zero-order valence-electron chi connectivity index (χ0n) is 14.8. The van der Waals surface area contributed by atoms with Crippen molar-refractivity contribution in [2.24, 2.45) is 5.92 Å². The Morgan fingerprint density at radius 3 is 2.40 bits per heavy atom. The van der Waals surface area contributed by atoms with Gasteiger partial charge in [0.25, 0.3) is 0 Å². The van der Waals surface area contributed by atoms with Crippen molar-refractivity contribution >= 4 is 11.7 Å². The molecule has 1 N–H and O–H groups in total. The molecule has 0 radical (unpaired) electrons. The van der Waals surface area contributed by atoms with Crippen LogP contribution in [0.1, 0.15) is 30.0 Å². The number of pyridine rings is 1. The molecule has 2 unspecified atom stereocenters. The summed E-state index contributed by atoms with van der Waals surface area (Å²) in [6.45, 7) is 1.49. The van der Waals surface area contributed by atoms with Gasteiger partial charge in [-0.25, -0.2) is 0 Å². The van der Waals surface area contributed by atoms with Crippen molar-refractivity contribution in [3.8, 4) is 0 Å². The summed E-state index contributed by atoms with van der Waals surface area (Å²) >= 11 is 0. The van der Waals surface area contributed by atoms with Crippen molar-refractivity contribution in [2.45, 2.75) is 18.9 Å². The van der Waals surface area contributed by atoms with E-state index in [0.29, 0.717) is 6.54 Å². The Bertz CT molecular complexity index is 701. The average Bonchev–Trinajstić information content (AvgIpc) is 2.63. The summed E-state index contributed by atoms with van der Waals surface area (Å²) in [7, 11) is 4.05. The van der Waals surface area contributed by atoms with E-state index in [4.69, 9.17) is 0 Å². The maximum Gasteiger partial charge on any atom is 0.307 e. The van der Waals surface area contributed by atoms with E-state index in [1.54, 1.807) is 12.4 Å². The van der Waals surface area contributed by atoms with Gasteiger partial charge in [0.2, 0.25) is 0 Å². The number of aromatic nitrogens is 1. The molecule has 2 atom stereocenters. The van der Waals surface area contributed by atoms with Crippen LogP contribution in [-0.4, -0.2) is 48.1 Å². The summed E-state index contributed by atoms with van der Waals surface area (Å²) in [5, 5.41) is 9.43. The van der Waals surface area contributed by atoms with Gasteiger partial charge in [-0.05, 0) is 54.8 Å². The normalized spacial score (nSPS) is 19.4. The van der Waals surface area contributed by atoms with Crippen molar-refractivity contribution in [1.82, 2.24) is 9.88 Å². The Morgan fingerprint density at radius 1 is 1.16 bits per heavy atom. The number of carboxylic acids is 1. The molecule has 3 rings (SSSR count). The topological polar surface area (TPSA) is 56.7 Å². The minimum absolute atomic E-state index is 0.0568. The summed E-state index contributed by atoms with van der Waals surface area (Å²) in [5.74, 6) is -0.986. The van der Waals surface area contributed by atoms with Gasteiger partial charge in [-0.3, -0.25) is 14.7 Å². The molecule has 5 nitrogen and oxygen atoms in total. The summed E-state index contributed by atoms with van der Waals surface area (Å²) in [6.07, 6.45) is 5.27. The van der Waals surface area contributed by atoms with Crippen LogP contribution in [0, 0.1) is 5.92 Å². The third-order valence-corrected chi connectivity index (χ3v) is 4.91. The first-order valence-corrected chi connectivity index (χ1v) is 8.70. The predicted molar refractivity (Wildman–Crippen MR) is 98.8 cm³/mol. The zero-order valence-corrected chi connectivity index (χ0v) is 14.8. The summed E-state index contributed by atoms with van der Waals surface area (Å²) < 4.78 is 0. The summed E-state index contributed by atoms with van der Waals surface area (Å²) in [6, 6.07) is 12.6. The molecule has 1 aliphatic heterocycles. The number of aliphatic carboxylic acids is 1. The fourth-order valence-corrected chi connectivity index (χ4v) is 3.56. The Hall–Kier alpha value is -2.40. The second-order valence-corrected chi connectivity index (χ2v) is 6.84. The van der Waals surface area contributed by atoms with Crippen LogP contribution in [0.5, 0.6) is 0 Å². The lowest BCUT2D eigenvalue weighted by Crippen LogP contribution is -2.41. The van der Waals surface area contributed by atoms with Crippen LogP contribution < -0.4 is 4.90 Å². The van der Waals surface area contributed by atoms with Gasteiger partial charge in [-0.15, -0.1) is 0 Å². The molecule has 0 saturated carbocycles. The lowest BCUT2D eigenvalue weighted by Gasteiger charge is -2.37. The van der Waals surface area contributed by atoms with E-state index in [1.807, 2.05) is 26.2 Å². The van der Waals surface area contributed by atoms with Gasteiger partial charge >= 0.3 is 5.97 Å². The van der Waals surface area contributed by atoms with Gasteiger partial charge in [0.1, 0.15) is 0 Å². The smallest absolute Gasteiger partial charge is 0.307 e. The van der Waals surface area contributed by atoms with Crippen LogP contribution in [0.3, 0.4) is 0 Å². The van der Waals surface area contributed by atoms with Crippen molar-refractivity contribution in [3.63, 3.8) is 0 Å². The molecule has 1 aromatic carbocycles. The Kier molecular flexibility index (Phi) is 5.34. The van der Waals surface area contributed by atoms with Crippen LogP contribution in [0.15, 0.2) is 48.8 Å². The number of piperidine rings is 1. The fourth-order valence-electron chi connectivity index (χ4n) is 3.56. The largest absolute Gasteiger partial charge is 0.481 e. The second kappa shape index (κ2) is 7.66. The monoisotopic (exact) mass is 339 g/mol. The molecular weight excluding hydrogens is 314 g/mol. The molecule has 25 heavy (non-hydrogen) atoms. The zero-order chi connectivity index (χ0) is 17.8. The highest BCUT2D eigenvalue weighted by atomic mass is 16.4. The van der Waals surface area contributed by atoms with Gasteiger partial charge in [-0.2, -0.15) is 0 Å². The first-order chi connectivity index (χ1) is 12.1. The van der Waals surface area contributed by atoms with Gasteiger partial charge in [0, 0.05) is 38.7 Å². The van der Waals surface area contributed by atoms with Crippen LogP contribution >= 0.6 is 0 Å². The molecule has 1 aliphatic rings. The number of rotatable bonds is 5. The van der Waals surface area contributed by atoms with E-state index < -0.39 is 5.97 Å². The Morgan fingerprint density at radius 2 is 1.80 bits per heavy atom. The lowest BCUT2D eigenvalue weighted by molar-refractivity contribution is -0.143. The van der Waals surface area contributed by atoms with Crippen molar-refractivity contribution in [1.29, 1.82) is 0 Å². The summed E-state index contributed by atoms with van der Waals surface area (Å²) in [4.78, 5) is 20.0. The molecule has 0 bridgehead atoms. The number of carbonyl (C=O) groups is 1. The first kappa shape index (κ1) is 17.4. The minimum Gasteiger partial charge on any atom is -0.481 e. The number of nitrogens with zero attached hydrogens (tertiary/aromatic N) is 3. The molecule has 1 fully saturated rings. The standard InChI is InChI=1S/C20H25N3O2/c1-22(2)18-7-5-15(6-8-18)19(16-9-11-21-12-10-16)23-13-3-4-17(14-23)20(24)25/h5-12,17,19H,3-4,13-14H2,1-2H3,(H,24,25). The van der Waals surface area contributed by atoms with E-state index in [2.05, 4.69) is 39.0 Å².